The average molecular weight is 347 g/mol. The molecule has 3 rings (SSSR count). The van der Waals surface area contributed by atoms with Crippen molar-refractivity contribution in [2.45, 2.75) is 13.5 Å². The first kappa shape index (κ1) is 15.8. The topological polar surface area (TPSA) is 40.5 Å². The monoisotopic (exact) mass is 347 g/mol. The van der Waals surface area contributed by atoms with E-state index in [1.807, 2.05) is 51.9 Å². The predicted octanol–water partition coefficient (Wildman–Crippen LogP) is 4.51. The van der Waals surface area contributed by atoms with E-state index in [4.69, 9.17) is 9.47 Å². The van der Waals surface area contributed by atoms with E-state index >= 15 is 0 Å². The van der Waals surface area contributed by atoms with Gasteiger partial charge < -0.3 is 14.0 Å². The van der Waals surface area contributed by atoms with E-state index in [1.54, 1.807) is 22.7 Å². The van der Waals surface area contributed by atoms with Gasteiger partial charge in [-0.25, -0.2) is 4.79 Å². The lowest BCUT2D eigenvalue weighted by Gasteiger charge is -2.12. The van der Waals surface area contributed by atoms with Crippen LogP contribution >= 0.6 is 22.7 Å². The second kappa shape index (κ2) is 7.02. The number of carbonyl (C=O) groups is 1. The SMILES string of the molecule is CCOc1cc(-c2ccsc2)c(C(=O)OC)n1Cc1cccs1. The number of aromatic nitrogens is 1. The van der Waals surface area contributed by atoms with E-state index in [0.717, 1.165) is 16.0 Å². The van der Waals surface area contributed by atoms with Crippen LogP contribution in [0.3, 0.4) is 0 Å². The third kappa shape index (κ3) is 3.18. The summed E-state index contributed by atoms with van der Waals surface area (Å²) in [7, 11) is 1.41. The standard InChI is InChI=1S/C17H17NO3S2/c1-3-21-15-9-14(12-6-8-22-11-12)16(17(19)20-2)18(15)10-13-5-4-7-23-13/h4-9,11H,3,10H2,1-2H3. The fourth-order valence-corrected chi connectivity index (χ4v) is 3.81. The van der Waals surface area contributed by atoms with Crippen molar-refractivity contribution < 1.29 is 14.3 Å². The maximum Gasteiger partial charge on any atom is 0.355 e. The highest BCUT2D eigenvalue weighted by molar-refractivity contribution is 7.09. The highest BCUT2D eigenvalue weighted by atomic mass is 32.1. The molecule has 0 radical (unpaired) electrons. The van der Waals surface area contributed by atoms with Crippen LogP contribution in [0.4, 0.5) is 0 Å². The predicted molar refractivity (Wildman–Crippen MR) is 93.7 cm³/mol. The summed E-state index contributed by atoms with van der Waals surface area (Å²) in [5, 5.41) is 6.04. The summed E-state index contributed by atoms with van der Waals surface area (Å²) in [6, 6.07) is 7.97. The summed E-state index contributed by atoms with van der Waals surface area (Å²) < 4.78 is 12.7. The molecular formula is C17H17NO3S2. The van der Waals surface area contributed by atoms with Crippen molar-refractivity contribution in [2.75, 3.05) is 13.7 Å². The molecule has 0 aromatic carbocycles. The largest absolute Gasteiger partial charge is 0.479 e. The summed E-state index contributed by atoms with van der Waals surface area (Å²) in [4.78, 5) is 13.6. The van der Waals surface area contributed by atoms with Gasteiger partial charge in [0.15, 0.2) is 5.88 Å². The van der Waals surface area contributed by atoms with Gasteiger partial charge in [0.05, 0.1) is 20.3 Å². The van der Waals surface area contributed by atoms with Gasteiger partial charge in [0, 0.05) is 16.5 Å². The van der Waals surface area contributed by atoms with Crippen molar-refractivity contribution in [3.63, 3.8) is 0 Å². The van der Waals surface area contributed by atoms with Gasteiger partial charge in [-0.05, 0) is 40.8 Å². The smallest absolute Gasteiger partial charge is 0.355 e. The van der Waals surface area contributed by atoms with Crippen molar-refractivity contribution in [2.24, 2.45) is 0 Å². The Balaban J connectivity index is 2.15. The second-order valence-corrected chi connectivity index (χ2v) is 6.66. The number of hydrogen-bond acceptors (Lipinski definition) is 5. The zero-order chi connectivity index (χ0) is 16.2. The normalized spacial score (nSPS) is 10.7. The molecule has 0 amide bonds. The van der Waals surface area contributed by atoms with Crippen molar-refractivity contribution in [1.29, 1.82) is 0 Å². The van der Waals surface area contributed by atoms with Crippen LogP contribution in [-0.2, 0) is 11.3 Å². The molecule has 0 aliphatic carbocycles. The maximum absolute atomic E-state index is 12.4. The first-order chi connectivity index (χ1) is 11.2. The number of carbonyl (C=O) groups excluding carboxylic acids is 1. The Labute approximate surface area is 142 Å². The zero-order valence-electron chi connectivity index (χ0n) is 12.9. The van der Waals surface area contributed by atoms with Crippen LogP contribution in [0, 0.1) is 0 Å². The molecule has 0 aliphatic rings. The minimum absolute atomic E-state index is 0.353. The third-order valence-corrected chi connectivity index (χ3v) is 5.00. The van der Waals surface area contributed by atoms with E-state index in [2.05, 4.69) is 0 Å². The van der Waals surface area contributed by atoms with Gasteiger partial charge >= 0.3 is 5.97 Å². The molecule has 23 heavy (non-hydrogen) atoms. The molecule has 3 aromatic heterocycles. The summed E-state index contributed by atoms with van der Waals surface area (Å²) in [6.07, 6.45) is 0. The van der Waals surface area contributed by atoms with E-state index in [0.29, 0.717) is 24.7 Å². The lowest BCUT2D eigenvalue weighted by atomic mass is 10.1. The van der Waals surface area contributed by atoms with E-state index < -0.39 is 0 Å². The minimum atomic E-state index is -0.353. The van der Waals surface area contributed by atoms with Crippen molar-refractivity contribution >= 4 is 28.6 Å². The second-order valence-electron chi connectivity index (χ2n) is 4.85. The highest BCUT2D eigenvalue weighted by Crippen LogP contribution is 2.34. The molecular weight excluding hydrogens is 330 g/mol. The van der Waals surface area contributed by atoms with Crippen LogP contribution in [0.2, 0.25) is 0 Å². The van der Waals surface area contributed by atoms with Gasteiger partial charge in [-0.1, -0.05) is 6.07 Å². The van der Waals surface area contributed by atoms with E-state index in [-0.39, 0.29) is 5.97 Å². The molecule has 0 atom stereocenters. The molecule has 0 N–H and O–H groups in total. The third-order valence-electron chi connectivity index (χ3n) is 3.46. The molecule has 0 bridgehead atoms. The minimum Gasteiger partial charge on any atom is -0.479 e. The van der Waals surface area contributed by atoms with E-state index in [1.165, 1.54) is 7.11 Å². The van der Waals surface area contributed by atoms with Gasteiger partial charge in [0.2, 0.25) is 0 Å². The number of hydrogen-bond donors (Lipinski definition) is 0. The summed E-state index contributed by atoms with van der Waals surface area (Å²) in [6.45, 7) is 3.06. The van der Waals surface area contributed by atoms with Crippen molar-refractivity contribution in [3.8, 4) is 17.0 Å². The molecule has 0 spiro atoms. The Morgan fingerprint density at radius 2 is 2.17 bits per heavy atom. The van der Waals surface area contributed by atoms with Crippen molar-refractivity contribution in [1.82, 2.24) is 4.57 Å². The fraction of sp³-hybridized carbons (Fsp3) is 0.235. The quantitative estimate of drug-likeness (QED) is 0.616. The van der Waals surface area contributed by atoms with Crippen LogP contribution in [0.5, 0.6) is 5.88 Å². The molecule has 6 heteroatoms. The number of esters is 1. The number of ether oxygens (including phenoxy) is 2. The number of thiophene rings is 2. The van der Waals surface area contributed by atoms with Crippen LogP contribution < -0.4 is 4.74 Å². The lowest BCUT2D eigenvalue weighted by Crippen LogP contribution is -2.13. The molecule has 0 saturated heterocycles. The van der Waals surface area contributed by atoms with Crippen molar-refractivity contribution in [3.05, 3.63) is 51.0 Å². The van der Waals surface area contributed by atoms with Gasteiger partial charge in [0.25, 0.3) is 0 Å². The van der Waals surface area contributed by atoms with E-state index in [9.17, 15) is 4.79 Å². The van der Waals surface area contributed by atoms with Crippen LogP contribution in [0.15, 0.2) is 40.4 Å². The van der Waals surface area contributed by atoms with Gasteiger partial charge in [-0.15, -0.1) is 11.3 Å². The zero-order valence-corrected chi connectivity index (χ0v) is 14.6. The first-order valence-corrected chi connectivity index (χ1v) is 9.06. The Morgan fingerprint density at radius 1 is 1.30 bits per heavy atom. The molecule has 3 heterocycles. The molecule has 0 saturated carbocycles. The van der Waals surface area contributed by atoms with Crippen LogP contribution in [0.1, 0.15) is 22.3 Å². The summed E-state index contributed by atoms with van der Waals surface area (Å²) >= 11 is 3.25. The molecule has 0 fully saturated rings. The van der Waals surface area contributed by atoms with Crippen LogP contribution in [-0.4, -0.2) is 24.3 Å². The Kier molecular flexibility index (Phi) is 4.83. The lowest BCUT2D eigenvalue weighted by molar-refractivity contribution is 0.0588. The van der Waals surface area contributed by atoms with Gasteiger partial charge in [-0.3, -0.25) is 0 Å². The highest BCUT2D eigenvalue weighted by Gasteiger charge is 2.24. The molecule has 0 unspecified atom stereocenters. The van der Waals surface area contributed by atoms with Gasteiger partial charge in [0.1, 0.15) is 5.69 Å². The maximum atomic E-state index is 12.4. The summed E-state index contributed by atoms with van der Waals surface area (Å²) in [5.41, 5.74) is 2.38. The number of rotatable bonds is 6. The molecule has 120 valence electrons. The Hall–Kier alpha value is -2.05. The Morgan fingerprint density at radius 3 is 2.78 bits per heavy atom. The fourth-order valence-electron chi connectivity index (χ4n) is 2.46. The molecule has 0 aliphatic heterocycles. The average Bonchev–Trinajstić information content (AvgIpc) is 3.28. The molecule has 3 aromatic rings. The summed E-state index contributed by atoms with van der Waals surface area (Å²) in [5.74, 6) is 0.330. The number of nitrogens with zero attached hydrogens (tertiary/aromatic N) is 1. The Bertz CT molecular complexity index is 773. The first-order valence-electron chi connectivity index (χ1n) is 7.24. The van der Waals surface area contributed by atoms with Crippen LogP contribution in [0.25, 0.3) is 11.1 Å². The number of methoxy groups -OCH3 is 1. The van der Waals surface area contributed by atoms with Gasteiger partial charge in [-0.2, -0.15) is 11.3 Å². The molecule has 4 nitrogen and oxygen atoms in total.